The number of piperidine rings is 1. The summed E-state index contributed by atoms with van der Waals surface area (Å²) in [5, 5.41) is 34.4. The van der Waals surface area contributed by atoms with Crippen LogP contribution in [0.1, 0.15) is 112 Å². The predicted octanol–water partition coefficient (Wildman–Crippen LogP) is 7.32. The van der Waals surface area contributed by atoms with Crippen molar-refractivity contribution in [1.82, 2.24) is 60.6 Å². The lowest BCUT2D eigenvalue weighted by Gasteiger charge is -2.39. The van der Waals surface area contributed by atoms with E-state index in [2.05, 4.69) is 75.6 Å². The molecule has 87 heavy (non-hydrogen) atoms. The molecule has 5 aliphatic heterocycles. The third-order valence-corrected chi connectivity index (χ3v) is 20.2. The number of anilines is 2. The molecule has 456 valence electrons. The number of rotatable bonds is 15. The number of nitrogens with one attached hydrogen (secondary N) is 3. The molecule has 0 spiro atoms. The highest BCUT2D eigenvalue weighted by Crippen LogP contribution is 2.49. The monoisotopic (exact) mass is 1200 g/mol. The van der Waals surface area contributed by atoms with Crippen LogP contribution < -0.4 is 30.5 Å². The number of pyridine rings is 1. The summed E-state index contributed by atoms with van der Waals surface area (Å²) in [5.74, 6) is 1.72. The maximum Gasteiger partial charge on any atom is 0.319 e. The van der Waals surface area contributed by atoms with Gasteiger partial charge in [-0.25, -0.2) is 15.0 Å². The molecule has 5 N–H and O–H groups in total. The number of phenols is 1. The predicted molar refractivity (Wildman–Crippen MR) is 337 cm³/mol. The van der Waals surface area contributed by atoms with E-state index in [1.54, 1.807) is 17.5 Å². The van der Waals surface area contributed by atoms with Gasteiger partial charge in [-0.1, -0.05) is 70.2 Å². The number of aromatic nitrogens is 6. The highest BCUT2D eigenvalue weighted by atomic mass is 32.1. The summed E-state index contributed by atoms with van der Waals surface area (Å²) in [6.07, 6.45) is 8.74. The van der Waals surface area contributed by atoms with Gasteiger partial charge in [0.2, 0.25) is 11.8 Å². The van der Waals surface area contributed by atoms with Crippen molar-refractivity contribution in [3.8, 4) is 33.5 Å². The van der Waals surface area contributed by atoms with Gasteiger partial charge in [0.15, 0.2) is 0 Å². The van der Waals surface area contributed by atoms with Gasteiger partial charge in [0.1, 0.15) is 41.8 Å². The molecule has 2 bridgehead atoms. The van der Waals surface area contributed by atoms with Crippen LogP contribution in [0.5, 0.6) is 11.8 Å². The number of aromatic hydroxyl groups is 1. The summed E-state index contributed by atoms with van der Waals surface area (Å²) in [6.45, 7) is 22.2. The van der Waals surface area contributed by atoms with Crippen molar-refractivity contribution in [3.05, 3.63) is 107 Å². The highest BCUT2D eigenvalue weighted by molar-refractivity contribution is 7.13. The van der Waals surface area contributed by atoms with Gasteiger partial charge < -0.3 is 45.6 Å². The number of hydrogen-bond acceptors (Lipinski definition) is 18. The van der Waals surface area contributed by atoms with Crippen molar-refractivity contribution in [2.75, 3.05) is 94.9 Å². The van der Waals surface area contributed by atoms with Crippen molar-refractivity contribution in [3.63, 3.8) is 0 Å². The second-order valence-electron chi connectivity index (χ2n) is 26.2. The summed E-state index contributed by atoms with van der Waals surface area (Å²) in [6, 6.07) is 16.5. The second kappa shape index (κ2) is 24.3. The van der Waals surface area contributed by atoms with Gasteiger partial charge in [0, 0.05) is 94.6 Å². The maximum absolute atomic E-state index is 14.4. The number of aliphatic hydroxyl groups is 1. The molecule has 4 aromatic heterocycles. The topological polar surface area (TPSA) is 231 Å². The SMILES string of the molecule is Cc1ncsc1-c1ccc([C@H](C)NC(=O)[C@@H]2C[C@@H](O)CN2C(=O)[C@@H](NC(=O)c2cnc(N3CCN(CC4CCN(CCOc5nc(N6CCC7CNC(C7)C6)c6cnc7c(c6n5)C(C)c5cccc6cc(O)cc-7c56)CC4)CC3)cn2)C(C)(C)C)cc1. The number of benzene rings is 3. The Hall–Kier alpha value is -7.43. The Morgan fingerprint density at radius 1 is 0.862 bits per heavy atom. The minimum absolute atomic E-state index is 0.0202. The lowest BCUT2D eigenvalue weighted by molar-refractivity contribution is -0.142. The number of aryl methyl sites for hydroxylation is 1. The van der Waals surface area contributed by atoms with E-state index in [-0.39, 0.29) is 42.3 Å². The number of fused-ring (bicyclic) bond motifs is 6. The number of thiazole rings is 1. The van der Waals surface area contributed by atoms with Gasteiger partial charge in [-0.3, -0.25) is 29.2 Å². The lowest BCUT2D eigenvalue weighted by atomic mass is 9.79. The molecule has 0 saturated carbocycles. The van der Waals surface area contributed by atoms with E-state index >= 15 is 0 Å². The number of phenolic OH excluding ortho intramolecular Hbond substituents is 1. The summed E-state index contributed by atoms with van der Waals surface area (Å²) in [7, 11) is 0. The number of carbonyl (C=O) groups excluding carboxylic acids is 3. The van der Waals surface area contributed by atoms with Gasteiger partial charge in [0.05, 0.1) is 57.2 Å². The molecule has 13 rings (SSSR count). The van der Waals surface area contributed by atoms with E-state index in [4.69, 9.17) is 19.7 Å². The van der Waals surface area contributed by atoms with Crippen LogP contribution >= 0.6 is 11.3 Å². The summed E-state index contributed by atoms with van der Waals surface area (Å²) < 4.78 is 6.58. The van der Waals surface area contributed by atoms with Crippen LogP contribution in [0.4, 0.5) is 11.6 Å². The number of piperazine rings is 1. The van der Waals surface area contributed by atoms with Crippen LogP contribution in [-0.4, -0.2) is 182 Å². The first-order chi connectivity index (χ1) is 42.0. The highest BCUT2D eigenvalue weighted by Gasteiger charge is 2.45. The number of ether oxygens (including phenoxy) is 1. The number of hydrogen-bond donors (Lipinski definition) is 5. The first-order valence-electron chi connectivity index (χ1n) is 31.2. The molecule has 7 atom stereocenters. The molecular weight excluding hydrogens is 1120 g/mol. The number of amides is 3. The summed E-state index contributed by atoms with van der Waals surface area (Å²) in [5.41, 5.74) is 8.98. The fraction of sp³-hybridized carbons (Fsp3) is 0.500. The van der Waals surface area contributed by atoms with Crippen LogP contribution in [0.25, 0.3) is 43.4 Å². The fourth-order valence-corrected chi connectivity index (χ4v) is 15.1. The Bertz CT molecular complexity index is 3690. The first kappa shape index (κ1) is 58.6. The average molecular weight is 1200 g/mol. The van der Waals surface area contributed by atoms with Gasteiger partial charge in [0.25, 0.3) is 5.91 Å². The van der Waals surface area contributed by atoms with Gasteiger partial charge >= 0.3 is 6.01 Å². The van der Waals surface area contributed by atoms with E-state index in [9.17, 15) is 24.6 Å². The first-order valence-corrected chi connectivity index (χ1v) is 32.1. The summed E-state index contributed by atoms with van der Waals surface area (Å²) in [4.78, 5) is 83.4. The van der Waals surface area contributed by atoms with Crippen molar-refractivity contribution in [1.29, 1.82) is 0 Å². The Morgan fingerprint density at radius 2 is 1.67 bits per heavy atom. The smallest absolute Gasteiger partial charge is 0.319 e. The van der Waals surface area contributed by atoms with Gasteiger partial charge in [-0.2, -0.15) is 9.97 Å². The quantitative estimate of drug-likeness (QED) is 0.0677. The molecule has 21 heteroatoms. The molecule has 6 aliphatic rings. The number of aliphatic hydroxyl groups excluding tert-OH is 1. The van der Waals surface area contributed by atoms with Crippen molar-refractivity contribution in [2.45, 2.75) is 110 Å². The Balaban J connectivity index is 0.587. The van der Waals surface area contributed by atoms with E-state index < -0.39 is 35.4 Å². The van der Waals surface area contributed by atoms with E-state index in [1.807, 2.05) is 82.7 Å². The summed E-state index contributed by atoms with van der Waals surface area (Å²) >= 11 is 1.58. The molecule has 3 unspecified atom stereocenters. The third kappa shape index (κ3) is 12.0. The van der Waals surface area contributed by atoms with Crippen molar-refractivity contribution in [2.24, 2.45) is 17.3 Å². The molecule has 9 heterocycles. The van der Waals surface area contributed by atoms with Gasteiger partial charge in [-0.05, 0) is 116 Å². The normalized spacial score (nSPS) is 22.5. The zero-order valence-electron chi connectivity index (χ0n) is 50.7. The molecule has 1 aliphatic carbocycles. The largest absolute Gasteiger partial charge is 0.508 e. The molecule has 5 fully saturated rings. The van der Waals surface area contributed by atoms with E-state index in [0.29, 0.717) is 36.3 Å². The zero-order valence-corrected chi connectivity index (χ0v) is 51.5. The average Bonchev–Trinajstić information content (AvgIpc) is 1.35. The maximum atomic E-state index is 14.4. The molecule has 5 saturated heterocycles. The molecule has 0 radical (unpaired) electrons. The lowest BCUT2D eigenvalue weighted by Crippen LogP contribution is -2.58. The fourth-order valence-electron chi connectivity index (χ4n) is 14.3. The molecular formula is C66H80N14O6S. The Morgan fingerprint density at radius 3 is 2.41 bits per heavy atom. The van der Waals surface area contributed by atoms with E-state index in [1.165, 1.54) is 23.1 Å². The molecule has 3 aromatic carbocycles. The second-order valence-corrected chi connectivity index (χ2v) is 27.0. The number of β-amino-alcohol motifs (C(OH)–C–C–N with tert-alkyl or cyclic N) is 1. The standard InChI is InChI=1S/C66H80N14O6S/c1-38-49-9-7-8-45-27-47(81)28-50(56(45)49)57-55(38)58-51(31-70-57)61(79-19-16-42-26-46(35-79)67-30-42)75-65(73-58)86-25-24-76-17-14-41(15-18-76)34-77-20-22-78(23-21-77)54-33-68-52(32-69-54)62(83)74-60(66(4,5)6)64(85)80-36-48(82)29-53(80)63(84)72-39(2)43-10-12-44(13-11-43)59-40(3)71-37-87-59/h7-13,27-28,31-33,37-39,41-42,46,48,53,60,67,81-82H,14-26,29-30,34-36H2,1-6H3,(H,72,84)(H,74,83)/t38?,39-,42?,46?,48+,53-,60+/m0/s1. The van der Waals surface area contributed by atoms with Crippen LogP contribution in [0.15, 0.2) is 78.7 Å². The zero-order chi connectivity index (χ0) is 60.3. The van der Waals surface area contributed by atoms with Crippen molar-refractivity contribution >= 4 is 62.4 Å². The van der Waals surface area contributed by atoms with Crippen LogP contribution in [0, 0.1) is 24.2 Å². The number of nitrogens with zero attached hydrogens (tertiary/aromatic N) is 11. The number of likely N-dealkylation sites (tertiary alicyclic amines) is 2. The molecule has 7 aromatic rings. The third-order valence-electron chi connectivity index (χ3n) is 19.2. The number of carbonyl (C=O) groups is 3. The minimum atomic E-state index is -1.02. The van der Waals surface area contributed by atoms with Crippen LogP contribution in [0.2, 0.25) is 0 Å². The molecule has 3 amide bonds. The Kier molecular flexibility index (Phi) is 16.3. The van der Waals surface area contributed by atoms with Gasteiger partial charge in [-0.15, -0.1) is 11.3 Å². The molecule has 20 nitrogen and oxygen atoms in total. The van der Waals surface area contributed by atoms with Crippen molar-refractivity contribution < 1.29 is 29.3 Å². The van der Waals surface area contributed by atoms with E-state index in [0.717, 1.165) is 157 Å². The van der Waals surface area contributed by atoms with Crippen LogP contribution in [0.3, 0.4) is 0 Å². The Labute approximate surface area is 512 Å². The van der Waals surface area contributed by atoms with Crippen LogP contribution in [-0.2, 0) is 9.59 Å². The minimum Gasteiger partial charge on any atom is -0.508 e.